The second-order valence-electron chi connectivity index (χ2n) is 4.70. The van der Waals surface area contributed by atoms with Crippen LogP contribution in [0.5, 0.6) is 0 Å². The van der Waals surface area contributed by atoms with Crippen molar-refractivity contribution in [3.8, 4) is 0 Å². The standard InChI is InChI=1S/C13H17N3O2S/c1-8-5-6-9(2)12(7-8)19(17,18)16-13-10(3)11(4)14-15-13/h5-7H,1-4H3,(H2,14,15,16). The average molecular weight is 279 g/mol. The zero-order valence-electron chi connectivity index (χ0n) is 11.4. The van der Waals surface area contributed by atoms with Crippen LogP contribution in [-0.2, 0) is 10.0 Å². The zero-order chi connectivity index (χ0) is 14.2. The van der Waals surface area contributed by atoms with Crippen molar-refractivity contribution in [1.82, 2.24) is 10.2 Å². The van der Waals surface area contributed by atoms with Crippen LogP contribution in [0.15, 0.2) is 23.1 Å². The number of aromatic nitrogens is 2. The van der Waals surface area contributed by atoms with Gasteiger partial charge < -0.3 is 0 Å². The number of benzene rings is 1. The molecule has 0 saturated heterocycles. The summed E-state index contributed by atoms with van der Waals surface area (Å²) in [5, 5.41) is 6.72. The molecule has 0 spiro atoms. The number of anilines is 1. The first-order valence-corrected chi connectivity index (χ1v) is 7.41. The lowest BCUT2D eigenvalue weighted by atomic mass is 10.2. The summed E-state index contributed by atoms with van der Waals surface area (Å²) in [6, 6.07) is 5.34. The number of rotatable bonds is 3. The van der Waals surface area contributed by atoms with Crippen LogP contribution >= 0.6 is 0 Å². The van der Waals surface area contributed by atoms with Gasteiger partial charge in [-0.25, -0.2) is 8.42 Å². The SMILES string of the molecule is Cc1ccc(C)c(S(=O)(=O)Nc2n[nH]c(C)c2C)c1. The first kappa shape index (κ1) is 13.6. The van der Waals surface area contributed by atoms with Crippen LogP contribution in [-0.4, -0.2) is 18.6 Å². The Morgan fingerprint density at radius 1 is 1.16 bits per heavy atom. The molecule has 102 valence electrons. The normalized spacial score (nSPS) is 11.6. The van der Waals surface area contributed by atoms with Crippen molar-refractivity contribution in [2.24, 2.45) is 0 Å². The van der Waals surface area contributed by atoms with E-state index in [1.165, 1.54) is 0 Å². The van der Waals surface area contributed by atoms with Gasteiger partial charge >= 0.3 is 0 Å². The highest BCUT2D eigenvalue weighted by Crippen LogP contribution is 2.22. The highest BCUT2D eigenvalue weighted by molar-refractivity contribution is 7.92. The first-order chi connectivity index (χ1) is 8.81. The molecule has 0 radical (unpaired) electrons. The highest BCUT2D eigenvalue weighted by Gasteiger charge is 2.19. The molecule has 0 atom stereocenters. The molecule has 0 fully saturated rings. The van der Waals surface area contributed by atoms with Gasteiger partial charge in [0.15, 0.2) is 5.82 Å². The van der Waals surface area contributed by atoms with Gasteiger partial charge in [0.25, 0.3) is 10.0 Å². The first-order valence-electron chi connectivity index (χ1n) is 5.93. The average Bonchev–Trinajstić information content (AvgIpc) is 2.63. The summed E-state index contributed by atoms with van der Waals surface area (Å²) in [4.78, 5) is 0.285. The maximum atomic E-state index is 12.4. The highest BCUT2D eigenvalue weighted by atomic mass is 32.2. The molecule has 2 N–H and O–H groups in total. The van der Waals surface area contributed by atoms with Crippen LogP contribution in [0.1, 0.15) is 22.4 Å². The van der Waals surface area contributed by atoms with Gasteiger partial charge in [0.05, 0.1) is 4.90 Å². The number of H-pyrrole nitrogens is 1. The summed E-state index contributed by atoms with van der Waals surface area (Å²) in [6.45, 7) is 7.30. The fraction of sp³-hybridized carbons (Fsp3) is 0.308. The Labute approximate surface area is 113 Å². The number of aromatic amines is 1. The van der Waals surface area contributed by atoms with E-state index in [0.717, 1.165) is 16.8 Å². The molecule has 2 aromatic rings. The molecule has 1 aromatic carbocycles. The maximum Gasteiger partial charge on any atom is 0.263 e. The summed E-state index contributed by atoms with van der Waals surface area (Å²) in [5.41, 5.74) is 3.26. The van der Waals surface area contributed by atoms with Crippen LogP contribution < -0.4 is 4.72 Å². The van der Waals surface area contributed by atoms with E-state index in [1.54, 1.807) is 19.1 Å². The van der Waals surface area contributed by atoms with E-state index in [0.29, 0.717) is 11.4 Å². The van der Waals surface area contributed by atoms with Crippen LogP contribution in [0.3, 0.4) is 0 Å². The van der Waals surface area contributed by atoms with Crippen LogP contribution in [0.25, 0.3) is 0 Å². The molecule has 6 heteroatoms. The predicted octanol–water partition coefficient (Wildman–Crippen LogP) is 2.44. The van der Waals surface area contributed by atoms with E-state index >= 15 is 0 Å². The molecule has 0 unspecified atom stereocenters. The Kier molecular flexibility index (Phi) is 3.36. The minimum absolute atomic E-state index is 0.285. The van der Waals surface area contributed by atoms with Gasteiger partial charge in [0, 0.05) is 11.3 Å². The number of nitrogens with zero attached hydrogens (tertiary/aromatic N) is 1. The quantitative estimate of drug-likeness (QED) is 0.906. The predicted molar refractivity (Wildman–Crippen MR) is 74.8 cm³/mol. The number of nitrogens with one attached hydrogen (secondary N) is 2. The molecule has 0 bridgehead atoms. The van der Waals surface area contributed by atoms with E-state index in [1.807, 2.05) is 26.8 Å². The third-order valence-electron chi connectivity index (χ3n) is 3.12. The minimum Gasteiger partial charge on any atom is -0.280 e. The summed E-state index contributed by atoms with van der Waals surface area (Å²) < 4.78 is 27.3. The molecule has 0 aliphatic carbocycles. The summed E-state index contributed by atoms with van der Waals surface area (Å²) >= 11 is 0. The van der Waals surface area contributed by atoms with Crippen molar-refractivity contribution in [2.45, 2.75) is 32.6 Å². The Bertz CT molecular complexity index is 717. The van der Waals surface area contributed by atoms with Crippen molar-refractivity contribution < 1.29 is 8.42 Å². The van der Waals surface area contributed by atoms with Crippen molar-refractivity contribution >= 4 is 15.8 Å². The van der Waals surface area contributed by atoms with E-state index in [-0.39, 0.29) is 4.90 Å². The molecule has 0 amide bonds. The van der Waals surface area contributed by atoms with Crippen molar-refractivity contribution in [3.63, 3.8) is 0 Å². The maximum absolute atomic E-state index is 12.4. The van der Waals surface area contributed by atoms with Gasteiger partial charge in [-0.15, -0.1) is 0 Å². The number of aryl methyl sites for hydroxylation is 3. The minimum atomic E-state index is -3.61. The Morgan fingerprint density at radius 2 is 1.84 bits per heavy atom. The summed E-state index contributed by atoms with van der Waals surface area (Å²) in [5.74, 6) is 0.346. The lowest BCUT2D eigenvalue weighted by molar-refractivity contribution is 0.600. The van der Waals surface area contributed by atoms with Gasteiger partial charge in [0.2, 0.25) is 0 Å². The Morgan fingerprint density at radius 3 is 2.42 bits per heavy atom. The van der Waals surface area contributed by atoms with E-state index in [9.17, 15) is 8.42 Å². The van der Waals surface area contributed by atoms with Gasteiger partial charge in [-0.3, -0.25) is 9.82 Å². The molecule has 0 aliphatic heterocycles. The third-order valence-corrected chi connectivity index (χ3v) is 4.60. The molecular formula is C13H17N3O2S. The smallest absolute Gasteiger partial charge is 0.263 e. The molecule has 0 saturated carbocycles. The lowest BCUT2D eigenvalue weighted by Crippen LogP contribution is -2.15. The molecule has 0 aliphatic rings. The van der Waals surface area contributed by atoms with Crippen molar-refractivity contribution in [1.29, 1.82) is 0 Å². The molecule has 19 heavy (non-hydrogen) atoms. The van der Waals surface area contributed by atoms with E-state index < -0.39 is 10.0 Å². The largest absolute Gasteiger partial charge is 0.280 e. The third kappa shape index (κ3) is 2.63. The van der Waals surface area contributed by atoms with Gasteiger partial charge in [-0.05, 0) is 44.9 Å². The van der Waals surface area contributed by atoms with Crippen LogP contribution in [0.4, 0.5) is 5.82 Å². The summed E-state index contributed by atoms with van der Waals surface area (Å²) in [6.07, 6.45) is 0. The molecule has 2 rings (SSSR count). The molecule has 1 heterocycles. The van der Waals surface area contributed by atoms with E-state index in [2.05, 4.69) is 14.9 Å². The van der Waals surface area contributed by atoms with Gasteiger partial charge in [-0.1, -0.05) is 12.1 Å². The topological polar surface area (TPSA) is 74.8 Å². The second kappa shape index (κ2) is 4.70. The Balaban J connectivity index is 2.43. The molecular weight excluding hydrogens is 262 g/mol. The monoisotopic (exact) mass is 279 g/mol. The number of hydrogen-bond donors (Lipinski definition) is 2. The lowest BCUT2D eigenvalue weighted by Gasteiger charge is -2.10. The van der Waals surface area contributed by atoms with Gasteiger partial charge in [-0.2, -0.15) is 5.10 Å². The van der Waals surface area contributed by atoms with Crippen molar-refractivity contribution in [3.05, 3.63) is 40.6 Å². The molecule has 5 nitrogen and oxygen atoms in total. The molecule has 1 aromatic heterocycles. The Hall–Kier alpha value is -1.82. The zero-order valence-corrected chi connectivity index (χ0v) is 12.2. The second-order valence-corrected chi connectivity index (χ2v) is 6.35. The summed E-state index contributed by atoms with van der Waals surface area (Å²) in [7, 11) is -3.61. The number of hydrogen-bond acceptors (Lipinski definition) is 3. The van der Waals surface area contributed by atoms with Crippen LogP contribution in [0, 0.1) is 27.7 Å². The van der Waals surface area contributed by atoms with Crippen LogP contribution in [0.2, 0.25) is 0 Å². The van der Waals surface area contributed by atoms with Gasteiger partial charge in [0.1, 0.15) is 0 Å². The fourth-order valence-electron chi connectivity index (χ4n) is 1.76. The van der Waals surface area contributed by atoms with E-state index in [4.69, 9.17) is 0 Å². The van der Waals surface area contributed by atoms with Crippen molar-refractivity contribution in [2.75, 3.05) is 4.72 Å². The number of sulfonamides is 1. The fourth-order valence-corrected chi connectivity index (χ4v) is 3.16.